The second-order valence-corrected chi connectivity index (χ2v) is 11.5. The van der Waals surface area contributed by atoms with E-state index in [1.165, 1.54) is 44.0 Å². The van der Waals surface area contributed by atoms with Crippen LogP contribution in [0.1, 0.15) is 0 Å². The molecule has 10 rings (SSSR count). The molecule has 0 bridgehead atoms. The average Bonchev–Trinajstić information content (AvgIpc) is 3.64. The van der Waals surface area contributed by atoms with Crippen molar-refractivity contribution in [3.63, 3.8) is 0 Å². The summed E-state index contributed by atoms with van der Waals surface area (Å²) < 4.78 is 4.69. The summed E-state index contributed by atoms with van der Waals surface area (Å²) in [7, 11) is 0. The monoisotopic (exact) mass is 560 g/mol. The van der Waals surface area contributed by atoms with Gasteiger partial charge in [-0.05, 0) is 71.8 Å². The van der Waals surface area contributed by atoms with Crippen molar-refractivity contribution < 1.29 is 0 Å². The maximum absolute atomic E-state index is 5.14. The van der Waals surface area contributed by atoms with Crippen molar-refractivity contribution >= 4 is 71.1 Å². The van der Waals surface area contributed by atoms with Crippen LogP contribution in [0.3, 0.4) is 0 Å². The molecule has 0 aliphatic heterocycles. The maximum Gasteiger partial charge on any atom is 0.146 e. The number of rotatable bonds is 2. The molecule has 0 spiro atoms. The summed E-state index contributed by atoms with van der Waals surface area (Å²) in [5.74, 6) is 0. The Morgan fingerprint density at radius 1 is 0.477 bits per heavy atom. The predicted molar refractivity (Wildman–Crippen MR) is 183 cm³/mol. The van der Waals surface area contributed by atoms with Gasteiger partial charge in [0.25, 0.3) is 0 Å². The highest BCUT2D eigenvalue weighted by atomic mass is 15.0. The molecule has 0 atom stereocenters. The van der Waals surface area contributed by atoms with Crippen LogP contribution in [0.4, 0.5) is 0 Å². The fourth-order valence-corrected chi connectivity index (χ4v) is 7.17. The van der Waals surface area contributed by atoms with Gasteiger partial charge in [-0.2, -0.15) is 0 Å². The highest BCUT2D eigenvalue weighted by molar-refractivity contribution is 6.23. The SMILES string of the molecule is c1ccc(-n2c3ccccc3c3cc(-c4ccc5c6c(ccc7cccnc76)c6nc7ccccc7n6c5c4)ccc32)cc1. The van der Waals surface area contributed by atoms with Crippen LogP contribution in [0.2, 0.25) is 0 Å². The van der Waals surface area contributed by atoms with Gasteiger partial charge in [-0.1, -0.05) is 78.9 Å². The molecule has 4 nitrogen and oxygen atoms in total. The van der Waals surface area contributed by atoms with Crippen molar-refractivity contribution in [3.05, 3.63) is 146 Å². The van der Waals surface area contributed by atoms with E-state index in [2.05, 4.69) is 142 Å². The third-order valence-electron chi connectivity index (χ3n) is 9.10. The minimum atomic E-state index is 0.958. The molecule has 0 saturated heterocycles. The lowest BCUT2D eigenvalue weighted by atomic mass is 9.98. The minimum absolute atomic E-state index is 0.958. The number of nitrogens with zero attached hydrogens (tertiary/aromatic N) is 4. The first kappa shape index (κ1) is 23.6. The fraction of sp³-hybridized carbons (Fsp3) is 0. The second kappa shape index (κ2) is 8.76. The Morgan fingerprint density at radius 2 is 1.23 bits per heavy atom. The van der Waals surface area contributed by atoms with Crippen LogP contribution in [0.15, 0.2) is 146 Å². The molecule has 0 aliphatic rings. The lowest BCUT2D eigenvalue weighted by molar-refractivity contribution is 1.18. The molecule has 44 heavy (non-hydrogen) atoms. The largest absolute Gasteiger partial charge is 0.309 e. The number of para-hydroxylation sites is 4. The number of benzene rings is 6. The van der Waals surface area contributed by atoms with E-state index in [0.29, 0.717) is 0 Å². The van der Waals surface area contributed by atoms with Crippen LogP contribution in [-0.2, 0) is 0 Å². The Bertz CT molecular complexity index is 2770. The summed E-state index contributed by atoms with van der Waals surface area (Å²) in [6.45, 7) is 0. The molecular weight excluding hydrogens is 536 g/mol. The number of fused-ring (bicyclic) bond motifs is 13. The lowest BCUT2D eigenvalue weighted by Crippen LogP contribution is -1.94. The van der Waals surface area contributed by atoms with Gasteiger partial charge in [-0.3, -0.25) is 9.38 Å². The van der Waals surface area contributed by atoms with E-state index in [4.69, 9.17) is 9.97 Å². The van der Waals surface area contributed by atoms with Crippen molar-refractivity contribution in [1.82, 2.24) is 18.9 Å². The molecule has 6 aromatic carbocycles. The molecule has 204 valence electrons. The van der Waals surface area contributed by atoms with E-state index in [9.17, 15) is 0 Å². The molecule has 0 aliphatic carbocycles. The quantitative estimate of drug-likeness (QED) is 0.197. The third-order valence-corrected chi connectivity index (χ3v) is 9.10. The van der Waals surface area contributed by atoms with E-state index in [-0.39, 0.29) is 0 Å². The first-order valence-corrected chi connectivity index (χ1v) is 14.9. The molecule has 0 amide bonds. The van der Waals surface area contributed by atoms with Crippen molar-refractivity contribution in [3.8, 4) is 16.8 Å². The molecule has 0 N–H and O–H groups in total. The Kier molecular flexibility index (Phi) is 4.69. The Labute approximate surface area is 252 Å². The molecule has 4 aromatic heterocycles. The molecule has 0 saturated carbocycles. The van der Waals surface area contributed by atoms with Gasteiger partial charge in [0, 0.05) is 44.2 Å². The van der Waals surface area contributed by atoms with Gasteiger partial charge < -0.3 is 4.57 Å². The van der Waals surface area contributed by atoms with Gasteiger partial charge in [-0.15, -0.1) is 0 Å². The topological polar surface area (TPSA) is 35.1 Å². The molecule has 0 fully saturated rings. The number of hydrogen-bond donors (Lipinski definition) is 0. The third kappa shape index (κ3) is 3.17. The van der Waals surface area contributed by atoms with Crippen molar-refractivity contribution in [2.24, 2.45) is 0 Å². The van der Waals surface area contributed by atoms with E-state index in [1.54, 1.807) is 0 Å². The van der Waals surface area contributed by atoms with Gasteiger partial charge in [-0.25, -0.2) is 4.98 Å². The Balaban J connectivity index is 1.30. The number of hydrogen-bond acceptors (Lipinski definition) is 2. The predicted octanol–water partition coefficient (Wildman–Crippen LogP) is 10.1. The highest BCUT2D eigenvalue weighted by Crippen LogP contribution is 2.39. The van der Waals surface area contributed by atoms with Gasteiger partial charge in [0.05, 0.1) is 33.1 Å². The number of aromatic nitrogens is 4. The summed E-state index contributed by atoms with van der Waals surface area (Å²) in [5.41, 5.74) is 11.1. The second-order valence-electron chi connectivity index (χ2n) is 11.5. The zero-order valence-electron chi connectivity index (χ0n) is 23.6. The smallest absolute Gasteiger partial charge is 0.146 e. The van der Waals surface area contributed by atoms with Gasteiger partial charge >= 0.3 is 0 Å². The normalized spacial score (nSPS) is 12.1. The zero-order chi connectivity index (χ0) is 28.8. The minimum Gasteiger partial charge on any atom is -0.309 e. The summed E-state index contributed by atoms with van der Waals surface area (Å²) in [6.07, 6.45) is 1.88. The van der Waals surface area contributed by atoms with Crippen LogP contribution in [0.25, 0.3) is 87.9 Å². The Morgan fingerprint density at radius 3 is 2.16 bits per heavy atom. The molecule has 10 aromatic rings. The molecule has 0 unspecified atom stereocenters. The Hall–Kier alpha value is -6.00. The number of pyridine rings is 2. The van der Waals surface area contributed by atoms with E-state index in [1.807, 2.05) is 12.3 Å². The van der Waals surface area contributed by atoms with Crippen molar-refractivity contribution in [2.45, 2.75) is 0 Å². The summed E-state index contributed by atoms with van der Waals surface area (Å²) in [5, 5.41) is 7.06. The van der Waals surface area contributed by atoms with Gasteiger partial charge in [0.2, 0.25) is 0 Å². The first-order valence-electron chi connectivity index (χ1n) is 14.9. The maximum atomic E-state index is 5.14. The van der Waals surface area contributed by atoms with E-state index >= 15 is 0 Å². The fourth-order valence-electron chi connectivity index (χ4n) is 7.17. The zero-order valence-corrected chi connectivity index (χ0v) is 23.6. The van der Waals surface area contributed by atoms with Gasteiger partial charge in [0.1, 0.15) is 5.65 Å². The van der Waals surface area contributed by atoms with E-state index in [0.717, 1.165) is 43.9 Å². The standard InChI is InChI=1S/C40H24N4/c1-2-10-28(11-3-1)43-34-14-6-4-12-29(34)32-23-26(18-21-35(32)43)27-17-19-30-37(24-27)44-36-15-7-5-13-33(36)42-40(44)31-20-16-25-9-8-22-41-39(25)38(30)31/h1-24H. The summed E-state index contributed by atoms with van der Waals surface area (Å²) >= 11 is 0. The van der Waals surface area contributed by atoms with Crippen LogP contribution in [0, 0.1) is 0 Å². The average molecular weight is 561 g/mol. The highest BCUT2D eigenvalue weighted by Gasteiger charge is 2.18. The molecular formula is C40H24N4. The van der Waals surface area contributed by atoms with Crippen molar-refractivity contribution in [1.29, 1.82) is 0 Å². The summed E-state index contributed by atoms with van der Waals surface area (Å²) in [6, 6.07) is 49.9. The number of imidazole rings is 1. The molecule has 0 radical (unpaired) electrons. The van der Waals surface area contributed by atoms with E-state index < -0.39 is 0 Å². The van der Waals surface area contributed by atoms with Crippen LogP contribution in [0.5, 0.6) is 0 Å². The molecule has 4 heterocycles. The van der Waals surface area contributed by atoms with Crippen molar-refractivity contribution in [2.75, 3.05) is 0 Å². The van der Waals surface area contributed by atoms with Crippen LogP contribution in [-0.4, -0.2) is 18.9 Å². The van der Waals surface area contributed by atoms with Crippen LogP contribution >= 0.6 is 0 Å². The molecule has 4 heteroatoms. The van der Waals surface area contributed by atoms with Crippen LogP contribution < -0.4 is 0 Å². The summed E-state index contributed by atoms with van der Waals surface area (Å²) in [4.78, 5) is 9.99. The van der Waals surface area contributed by atoms with Gasteiger partial charge in [0.15, 0.2) is 0 Å². The first-order chi connectivity index (χ1) is 21.8. The lowest BCUT2D eigenvalue weighted by Gasteiger charge is -2.13.